The summed E-state index contributed by atoms with van der Waals surface area (Å²) in [5.74, 6) is -0.875. The van der Waals surface area contributed by atoms with Gasteiger partial charge >= 0.3 is 5.97 Å². The van der Waals surface area contributed by atoms with Crippen LogP contribution in [0.3, 0.4) is 0 Å². The smallest absolute Gasteiger partial charge is 0.305 e. The normalized spacial score (nSPS) is 16.6. The van der Waals surface area contributed by atoms with E-state index >= 15 is 0 Å². The fourth-order valence-electron chi connectivity index (χ4n) is 9.73. The number of allylic oxidation sites excluding steroid dienone is 6. The van der Waals surface area contributed by atoms with Gasteiger partial charge in [0.25, 0.3) is 0 Å². The van der Waals surface area contributed by atoms with E-state index in [1.807, 2.05) is 54.6 Å². The number of rotatable bonds is 15. The van der Waals surface area contributed by atoms with Gasteiger partial charge in [-0.25, -0.2) is 0 Å². The van der Waals surface area contributed by atoms with Crippen LogP contribution in [0.1, 0.15) is 67.9 Å². The van der Waals surface area contributed by atoms with Gasteiger partial charge in [0.15, 0.2) is 0 Å². The SMILES string of the molecule is CCCNc1c(C(C)(C/C=C/C(C#N)=C/C=C2/N(CCC(=O)O)c3ccc4ccccc4c3C2(C)Cc2ccc(C#N)cc2)Cc2cccc3ccccc23)ccc2ccccc12. The number of nitrogens with one attached hydrogen (secondary N) is 1. The van der Waals surface area contributed by atoms with Gasteiger partial charge in [-0.05, 0) is 118 Å². The molecule has 2 unspecified atom stereocenters. The highest BCUT2D eigenvalue weighted by molar-refractivity contribution is 5.97. The molecule has 0 spiro atoms. The van der Waals surface area contributed by atoms with Crippen LogP contribution >= 0.6 is 0 Å². The highest BCUT2D eigenvalue weighted by Crippen LogP contribution is 2.53. The molecule has 7 aromatic rings. The summed E-state index contributed by atoms with van der Waals surface area (Å²) in [6, 6.07) is 53.1. The molecule has 8 rings (SSSR count). The zero-order valence-corrected chi connectivity index (χ0v) is 36.2. The first-order chi connectivity index (χ1) is 30.7. The molecule has 0 aliphatic carbocycles. The average Bonchev–Trinajstić information content (AvgIpc) is 3.54. The summed E-state index contributed by atoms with van der Waals surface area (Å²) in [6.07, 6.45) is 11.0. The second-order valence-electron chi connectivity index (χ2n) is 17.2. The standard InChI is InChI=1S/C57H52N4O2/c1-4-34-60-55-49-21-10-7-16-45(49)27-29-50(55)56(2,37-46-18-11-17-43-14-5-8-19-47(43)46)33-12-13-41(38-58)26-31-52-57(3,36-40-22-24-42(39-59)25-23-40)54-48-20-9-6-15-44(48)28-30-51(54)61(52)35-32-53(62)63/h5-31,60H,4,32-37H2,1-3H3,(H,62,63)/b13-12+,41-26-,52-31+. The highest BCUT2D eigenvalue weighted by Gasteiger charge is 2.44. The lowest BCUT2D eigenvalue weighted by Gasteiger charge is -2.33. The zero-order valence-electron chi connectivity index (χ0n) is 36.2. The van der Waals surface area contributed by atoms with E-state index < -0.39 is 11.4 Å². The first-order valence-corrected chi connectivity index (χ1v) is 21.9. The molecule has 0 saturated carbocycles. The van der Waals surface area contributed by atoms with Gasteiger partial charge < -0.3 is 15.3 Å². The van der Waals surface area contributed by atoms with Crippen molar-refractivity contribution in [2.24, 2.45) is 0 Å². The van der Waals surface area contributed by atoms with Crippen LogP contribution in [0.4, 0.5) is 11.4 Å². The molecule has 1 aliphatic heterocycles. The largest absolute Gasteiger partial charge is 0.481 e. The predicted octanol–water partition coefficient (Wildman–Crippen LogP) is 13.1. The van der Waals surface area contributed by atoms with Crippen LogP contribution in [-0.4, -0.2) is 24.2 Å². The summed E-state index contributed by atoms with van der Waals surface area (Å²) in [6.45, 7) is 7.87. The number of carbonyl (C=O) groups is 1. The second kappa shape index (κ2) is 18.3. The van der Waals surface area contributed by atoms with Crippen molar-refractivity contribution in [1.82, 2.24) is 0 Å². The molecule has 0 saturated heterocycles. The number of nitrogens with zero attached hydrogens (tertiary/aromatic N) is 3. The Labute approximate surface area is 370 Å². The third-order valence-electron chi connectivity index (χ3n) is 12.8. The third kappa shape index (κ3) is 8.59. The Balaban J connectivity index is 1.22. The van der Waals surface area contributed by atoms with Crippen molar-refractivity contribution >= 4 is 49.7 Å². The van der Waals surface area contributed by atoms with Crippen molar-refractivity contribution in [2.45, 2.75) is 63.7 Å². The summed E-state index contributed by atoms with van der Waals surface area (Å²) < 4.78 is 0. The summed E-state index contributed by atoms with van der Waals surface area (Å²) in [7, 11) is 0. The zero-order chi connectivity index (χ0) is 44.0. The molecule has 0 aromatic heterocycles. The van der Waals surface area contributed by atoms with E-state index in [0.717, 1.165) is 58.4 Å². The number of aliphatic carboxylic acids is 1. The van der Waals surface area contributed by atoms with Gasteiger partial charge in [-0.3, -0.25) is 4.79 Å². The van der Waals surface area contributed by atoms with E-state index in [9.17, 15) is 20.4 Å². The third-order valence-corrected chi connectivity index (χ3v) is 12.8. The Morgan fingerprint density at radius 3 is 2.16 bits per heavy atom. The van der Waals surface area contributed by atoms with E-state index in [1.165, 1.54) is 32.7 Å². The maximum absolute atomic E-state index is 12.1. The lowest BCUT2D eigenvalue weighted by atomic mass is 9.72. The van der Waals surface area contributed by atoms with Crippen molar-refractivity contribution in [3.63, 3.8) is 0 Å². The molecule has 2 atom stereocenters. The summed E-state index contributed by atoms with van der Waals surface area (Å²) in [5.41, 5.74) is 7.86. The fraction of sp³-hybridized carbons (Fsp3) is 0.211. The molecule has 1 aliphatic rings. The Kier molecular flexibility index (Phi) is 12.3. The first kappa shape index (κ1) is 42.3. The predicted molar refractivity (Wildman–Crippen MR) is 259 cm³/mol. The topological polar surface area (TPSA) is 100 Å². The van der Waals surface area contributed by atoms with E-state index in [-0.39, 0.29) is 18.4 Å². The van der Waals surface area contributed by atoms with E-state index in [0.29, 0.717) is 24.0 Å². The maximum atomic E-state index is 12.1. The lowest BCUT2D eigenvalue weighted by molar-refractivity contribution is -0.136. The minimum atomic E-state index is -0.875. The number of nitriles is 2. The van der Waals surface area contributed by atoms with E-state index in [2.05, 4.69) is 152 Å². The Morgan fingerprint density at radius 2 is 1.46 bits per heavy atom. The average molecular weight is 825 g/mol. The Hall–Kier alpha value is -7.41. The number of carboxylic acid groups (broad SMARTS) is 1. The van der Waals surface area contributed by atoms with Crippen molar-refractivity contribution < 1.29 is 9.90 Å². The van der Waals surface area contributed by atoms with Gasteiger partial charge in [-0.15, -0.1) is 0 Å². The molecule has 7 aromatic carbocycles. The Bertz CT molecular complexity index is 3010. The molecule has 1 heterocycles. The second-order valence-corrected chi connectivity index (χ2v) is 17.2. The molecule has 6 nitrogen and oxygen atoms in total. The number of carboxylic acids is 1. The monoisotopic (exact) mass is 824 g/mol. The number of anilines is 2. The van der Waals surface area contributed by atoms with Crippen molar-refractivity contribution in [1.29, 1.82) is 10.5 Å². The van der Waals surface area contributed by atoms with Crippen molar-refractivity contribution in [2.75, 3.05) is 23.3 Å². The van der Waals surface area contributed by atoms with Crippen molar-refractivity contribution in [3.05, 3.63) is 203 Å². The quantitative estimate of drug-likeness (QED) is 0.0789. The van der Waals surface area contributed by atoms with Crippen LogP contribution in [0.2, 0.25) is 0 Å². The maximum Gasteiger partial charge on any atom is 0.305 e. The number of fused-ring (bicyclic) bond motifs is 5. The molecule has 0 fully saturated rings. The summed E-state index contributed by atoms with van der Waals surface area (Å²) >= 11 is 0. The molecule has 6 heteroatoms. The molecule has 0 amide bonds. The van der Waals surface area contributed by atoms with Crippen LogP contribution < -0.4 is 10.2 Å². The lowest BCUT2D eigenvalue weighted by Crippen LogP contribution is -2.32. The molecular weight excluding hydrogens is 773 g/mol. The molecule has 312 valence electrons. The van der Waals surface area contributed by atoms with Gasteiger partial charge in [0, 0.05) is 46.4 Å². The Morgan fingerprint density at radius 1 is 0.810 bits per heavy atom. The number of benzene rings is 7. The van der Waals surface area contributed by atoms with Gasteiger partial charge in [-0.2, -0.15) is 10.5 Å². The van der Waals surface area contributed by atoms with Crippen LogP contribution in [0.25, 0.3) is 32.3 Å². The minimum Gasteiger partial charge on any atom is -0.481 e. The van der Waals surface area contributed by atoms with Gasteiger partial charge in [0.05, 0.1) is 29.7 Å². The minimum absolute atomic E-state index is 0.0512. The van der Waals surface area contributed by atoms with Crippen LogP contribution in [-0.2, 0) is 28.5 Å². The molecular formula is C57H52N4O2. The van der Waals surface area contributed by atoms with Gasteiger partial charge in [0.1, 0.15) is 0 Å². The number of hydrogen-bond acceptors (Lipinski definition) is 5. The van der Waals surface area contributed by atoms with E-state index in [1.54, 1.807) is 0 Å². The van der Waals surface area contributed by atoms with Gasteiger partial charge in [0.2, 0.25) is 0 Å². The molecule has 2 N–H and O–H groups in total. The molecule has 63 heavy (non-hydrogen) atoms. The molecule has 0 bridgehead atoms. The molecule has 0 radical (unpaired) electrons. The van der Waals surface area contributed by atoms with Crippen molar-refractivity contribution in [3.8, 4) is 12.1 Å². The van der Waals surface area contributed by atoms with Crippen LogP contribution in [0, 0.1) is 22.7 Å². The van der Waals surface area contributed by atoms with Gasteiger partial charge in [-0.1, -0.05) is 141 Å². The van der Waals surface area contributed by atoms with Crippen LogP contribution in [0.5, 0.6) is 0 Å². The first-order valence-electron chi connectivity index (χ1n) is 21.9. The fourth-order valence-corrected chi connectivity index (χ4v) is 9.73. The summed E-state index contributed by atoms with van der Waals surface area (Å²) in [5, 5.41) is 41.0. The number of hydrogen-bond donors (Lipinski definition) is 2. The van der Waals surface area contributed by atoms with E-state index in [4.69, 9.17) is 0 Å². The summed E-state index contributed by atoms with van der Waals surface area (Å²) in [4.78, 5) is 14.2. The highest BCUT2D eigenvalue weighted by atomic mass is 16.4. The van der Waals surface area contributed by atoms with Crippen LogP contribution in [0.15, 0.2) is 175 Å².